The van der Waals surface area contributed by atoms with E-state index < -0.39 is 5.97 Å². The molecule has 0 spiro atoms. The van der Waals surface area contributed by atoms with Crippen LogP contribution in [0.4, 0.5) is 0 Å². The quantitative estimate of drug-likeness (QED) is 0.405. The fraction of sp³-hybridized carbons (Fsp3) is 0.179. The second kappa shape index (κ2) is 9.46. The minimum Gasteiger partial charge on any atom is -0.462 e. The van der Waals surface area contributed by atoms with Crippen molar-refractivity contribution in [2.24, 2.45) is 0 Å². The van der Waals surface area contributed by atoms with E-state index >= 15 is 0 Å². The molecule has 0 aliphatic carbocycles. The second-order valence-corrected chi connectivity index (χ2v) is 8.31. The molecule has 7 nitrogen and oxygen atoms in total. The van der Waals surface area contributed by atoms with Gasteiger partial charge in [-0.05, 0) is 56.2 Å². The molecule has 1 N–H and O–H groups in total. The summed E-state index contributed by atoms with van der Waals surface area (Å²) in [5, 5.41) is 1.02. The molecule has 0 radical (unpaired) electrons. The third kappa shape index (κ3) is 4.40. The van der Waals surface area contributed by atoms with Gasteiger partial charge in [0.05, 0.1) is 17.9 Å². The van der Waals surface area contributed by atoms with Crippen molar-refractivity contribution in [3.63, 3.8) is 0 Å². The van der Waals surface area contributed by atoms with Gasteiger partial charge in [0, 0.05) is 29.8 Å². The van der Waals surface area contributed by atoms with Gasteiger partial charge in [-0.1, -0.05) is 35.9 Å². The standard InChI is InChI=1S/C28H25N3O4/c1-3-34-28(33)23-17-31(16-14-21-20-7-4-5-9-24(20)30-25(21)23)27(32)22-8-6-15-29-26(22)35-19-12-10-18(2)11-13-19/h4-13,15,17,30H,3,14,16H2,1-2H3. The molecule has 4 aromatic rings. The van der Waals surface area contributed by atoms with Crippen LogP contribution in [0.3, 0.4) is 0 Å². The van der Waals surface area contributed by atoms with Crippen molar-refractivity contribution in [1.82, 2.24) is 14.9 Å². The SMILES string of the molecule is CCOC(=O)C1=CN(C(=O)c2cccnc2Oc2ccc(C)cc2)CCc2c1[nH]c1ccccc21. The van der Waals surface area contributed by atoms with Crippen LogP contribution >= 0.6 is 0 Å². The topological polar surface area (TPSA) is 84.5 Å². The third-order valence-corrected chi connectivity index (χ3v) is 5.96. The van der Waals surface area contributed by atoms with Crippen molar-refractivity contribution in [2.45, 2.75) is 20.3 Å². The molecule has 0 fully saturated rings. The maximum absolute atomic E-state index is 13.7. The number of benzene rings is 2. The Morgan fingerprint density at radius 3 is 2.66 bits per heavy atom. The van der Waals surface area contributed by atoms with Gasteiger partial charge in [0.1, 0.15) is 11.3 Å². The van der Waals surface area contributed by atoms with E-state index in [1.807, 2.05) is 55.5 Å². The average Bonchev–Trinajstić information content (AvgIpc) is 3.13. The number of nitrogens with one attached hydrogen (secondary N) is 1. The van der Waals surface area contributed by atoms with Gasteiger partial charge < -0.3 is 19.4 Å². The number of hydrogen-bond acceptors (Lipinski definition) is 5. The van der Waals surface area contributed by atoms with E-state index in [9.17, 15) is 9.59 Å². The highest BCUT2D eigenvalue weighted by atomic mass is 16.5. The van der Waals surface area contributed by atoms with E-state index in [-0.39, 0.29) is 18.4 Å². The number of amides is 1. The van der Waals surface area contributed by atoms with Crippen LogP contribution in [-0.2, 0) is 16.0 Å². The predicted molar refractivity (Wildman–Crippen MR) is 133 cm³/mol. The number of fused-ring (bicyclic) bond motifs is 3. The number of aryl methyl sites for hydroxylation is 1. The summed E-state index contributed by atoms with van der Waals surface area (Å²) in [5.41, 5.74) is 4.33. The molecule has 1 aliphatic rings. The Hall–Kier alpha value is -4.39. The number of hydrogen-bond donors (Lipinski definition) is 1. The minimum atomic E-state index is -0.484. The number of pyridine rings is 1. The van der Waals surface area contributed by atoms with E-state index in [0.29, 0.717) is 35.5 Å². The first-order valence-corrected chi connectivity index (χ1v) is 11.5. The molecule has 35 heavy (non-hydrogen) atoms. The summed E-state index contributed by atoms with van der Waals surface area (Å²) in [4.78, 5) is 35.8. The van der Waals surface area contributed by atoms with Gasteiger partial charge in [0.2, 0.25) is 5.88 Å². The molecular formula is C28H25N3O4. The Bertz CT molecular complexity index is 1440. The summed E-state index contributed by atoms with van der Waals surface area (Å²) in [7, 11) is 0. The minimum absolute atomic E-state index is 0.209. The van der Waals surface area contributed by atoms with E-state index in [1.54, 1.807) is 31.5 Å². The second-order valence-electron chi connectivity index (χ2n) is 8.31. The summed E-state index contributed by atoms with van der Waals surface area (Å²) in [6.07, 6.45) is 3.72. The molecular weight excluding hydrogens is 442 g/mol. The zero-order chi connectivity index (χ0) is 24.4. The fourth-order valence-corrected chi connectivity index (χ4v) is 4.24. The first-order chi connectivity index (χ1) is 17.0. The van der Waals surface area contributed by atoms with Crippen LogP contribution < -0.4 is 4.74 Å². The van der Waals surface area contributed by atoms with Crippen LogP contribution in [-0.4, -0.2) is 39.9 Å². The van der Waals surface area contributed by atoms with Crippen LogP contribution in [0, 0.1) is 6.92 Å². The normalized spacial score (nSPS) is 13.1. The maximum atomic E-state index is 13.7. The summed E-state index contributed by atoms with van der Waals surface area (Å²) in [6, 6.07) is 18.8. The summed E-state index contributed by atoms with van der Waals surface area (Å²) < 4.78 is 11.3. The smallest absolute Gasteiger partial charge is 0.341 e. The molecule has 2 aromatic carbocycles. The lowest BCUT2D eigenvalue weighted by Crippen LogP contribution is -2.28. The van der Waals surface area contributed by atoms with Crippen molar-refractivity contribution >= 4 is 28.4 Å². The van der Waals surface area contributed by atoms with E-state index in [1.165, 1.54) is 4.90 Å². The Morgan fingerprint density at radius 1 is 1.06 bits per heavy atom. The van der Waals surface area contributed by atoms with Crippen LogP contribution in [0.5, 0.6) is 11.6 Å². The van der Waals surface area contributed by atoms with Gasteiger partial charge in [-0.15, -0.1) is 0 Å². The molecule has 2 aromatic heterocycles. The van der Waals surface area contributed by atoms with Crippen molar-refractivity contribution in [1.29, 1.82) is 0 Å². The number of para-hydroxylation sites is 1. The highest BCUT2D eigenvalue weighted by Gasteiger charge is 2.29. The third-order valence-electron chi connectivity index (χ3n) is 5.96. The zero-order valence-corrected chi connectivity index (χ0v) is 19.6. The average molecular weight is 468 g/mol. The number of rotatable bonds is 5. The lowest BCUT2D eigenvalue weighted by Gasteiger charge is -2.19. The molecule has 1 amide bonds. The van der Waals surface area contributed by atoms with Crippen LogP contribution in [0.15, 0.2) is 73.1 Å². The van der Waals surface area contributed by atoms with Gasteiger partial charge in [-0.25, -0.2) is 9.78 Å². The molecule has 0 saturated carbocycles. The first-order valence-electron chi connectivity index (χ1n) is 11.5. The largest absolute Gasteiger partial charge is 0.462 e. The highest BCUT2D eigenvalue weighted by Crippen LogP contribution is 2.32. The van der Waals surface area contributed by atoms with Gasteiger partial charge >= 0.3 is 5.97 Å². The van der Waals surface area contributed by atoms with Crippen molar-refractivity contribution in [2.75, 3.05) is 13.2 Å². The van der Waals surface area contributed by atoms with Crippen molar-refractivity contribution in [3.8, 4) is 11.6 Å². The van der Waals surface area contributed by atoms with E-state index in [2.05, 4.69) is 9.97 Å². The number of esters is 1. The number of nitrogens with zero attached hydrogens (tertiary/aromatic N) is 2. The Kier molecular flexibility index (Phi) is 6.06. The van der Waals surface area contributed by atoms with Gasteiger partial charge in [0.15, 0.2) is 0 Å². The number of ether oxygens (including phenoxy) is 2. The number of aromatic nitrogens is 2. The van der Waals surface area contributed by atoms with Crippen LogP contribution in [0.2, 0.25) is 0 Å². The van der Waals surface area contributed by atoms with E-state index in [0.717, 1.165) is 22.0 Å². The molecule has 0 saturated heterocycles. The predicted octanol–water partition coefficient (Wildman–Crippen LogP) is 5.27. The first kappa shape index (κ1) is 22.4. The van der Waals surface area contributed by atoms with Crippen molar-refractivity contribution < 1.29 is 19.1 Å². The molecule has 0 unspecified atom stereocenters. The molecule has 5 rings (SSSR count). The summed E-state index contributed by atoms with van der Waals surface area (Å²) in [5.74, 6) is 0.00265. The van der Waals surface area contributed by atoms with Crippen molar-refractivity contribution in [3.05, 3.63) is 95.4 Å². The van der Waals surface area contributed by atoms with Gasteiger partial charge in [0.25, 0.3) is 5.91 Å². The Labute approximate surface area is 203 Å². The number of aromatic amines is 1. The van der Waals surface area contributed by atoms with Crippen LogP contribution in [0.1, 0.15) is 34.1 Å². The number of carbonyl (C=O) groups is 2. The van der Waals surface area contributed by atoms with E-state index in [4.69, 9.17) is 9.47 Å². The zero-order valence-electron chi connectivity index (χ0n) is 19.6. The fourth-order valence-electron chi connectivity index (χ4n) is 4.24. The summed E-state index contributed by atoms with van der Waals surface area (Å²) >= 11 is 0. The lowest BCUT2D eigenvalue weighted by atomic mass is 10.0. The molecule has 176 valence electrons. The highest BCUT2D eigenvalue weighted by molar-refractivity contribution is 6.18. The maximum Gasteiger partial charge on any atom is 0.341 e. The molecule has 0 atom stereocenters. The Morgan fingerprint density at radius 2 is 1.86 bits per heavy atom. The molecule has 1 aliphatic heterocycles. The lowest BCUT2D eigenvalue weighted by molar-refractivity contribution is -0.136. The summed E-state index contributed by atoms with van der Waals surface area (Å²) in [6.45, 7) is 4.37. The number of H-pyrrole nitrogens is 1. The molecule has 0 bridgehead atoms. The molecule has 3 heterocycles. The monoisotopic (exact) mass is 467 g/mol. The van der Waals surface area contributed by atoms with Gasteiger partial charge in [-0.2, -0.15) is 0 Å². The van der Waals surface area contributed by atoms with Gasteiger partial charge in [-0.3, -0.25) is 4.79 Å². The molecule has 7 heteroatoms. The van der Waals surface area contributed by atoms with Crippen LogP contribution in [0.25, 0.3) is 16.5 Å². The Balaban J connectivity index is 1.52. The number of carbonyl (C=O) groups excluding carboxylic acids is 2.